The van der Waals surface area contributed by atoms with Crippen molar-refractivity contribution in [2.24, 2.45) is 0 Å². The van der Waals surface area contributed by atoms with Gasteiger partial charge in [0, 0.05) is 53.4 Å². The van der Waals surface area contributed by atoms with Gasteiger partial charge in [-0.2, -0.15) is 0 Å². The molecule has 0 aliphatic rings. The minimum Gasteiger partial charge on any atom is -0.455 e. The average molecular weight is 594 g/mol. The van der Waals surface area contributed by atoms with Crippen LogP contribution in [-0.2, 0) is 0 Å². The van der Waals surface area contributed by atoms with E-state index in [2.05, 4.69) is 151 Å². The molecule has 45 heavy (non-hydrogen) atoms. The lowest BCUT2D eigenvalue weighted by Gasteiger charge is -2.15. The van der Waals surface area contributed by atoms with Crippen molar-refractivity contribution >= 4 is 64.8 Å². The number of hydrogen-bond acceptors (Lipinski definition) is 3. The summed E-state index contributed by atoms with van der Waals surface area (Å²) in [6.45, 7) is 0. The van der Waals surface area contributed by atoms with Gasteiger partial charge in [0.05, 0.1) is 0 Å². The molecule has 1 N–H and O–H groups in total. The number of para-hydroxylation sites is 2. The molecule has 2 heterocycles. The van der Waals surface area contributed by atoms with E-state index in [1.807, 2.05) is 23.5 Å². The Balaban J connectivity index is 1.12. The van der Waals surface area contributed by atoms with Crippen LogP contribution in [0.2, 0.25) is 0 Å². The Morgan fingerprint density at radius 2 is 1.16 bits per heavy atom. The molecular weight excluding hydrogens is 567 g/mol. The third-order valence-corrected chi connectivity index (χ3v) is 9.87. The molecule has 0 saturated heterocycles. The van der Waals surface area contributed by atoms with E-state index in [-0.39, 0.29) is 0 Å². The summed E-state index contributed by atoms with van der Waals surface area (Å²) in [5.41, 5.74) is 11.0. The first kappa shape index (κ1) is 25.8. The number of furan rings is 1. The van der Waals surface area contributed by atoms with Gasteiger partial charge in [-0.1, -0.05) is 121 Å². The summed E-state index contributed by atoms with van der Waals surface area (Å²) in [6.07, 6.45) is 0. The lowest BCUT2D eigenvalue weighted by Crippen LogP contribution is -1.94. The predicted octanol–water partition coefficient (Wildman–Crippen LogP) is 12.7. The van der Waals surface area contributed by atoms with E-state index < -0.39 is 0 Å². The van der Waals surface area contributed by atoms with Crippen molar-refractivity contribution in [1.82, 2.24) is 0 Å². The number of rotatable bonds is 5. The van der Waals surface area contributed by atoms with E-state index in [0.717, 1.165) is 55.6 Å². The van der Waals surface area contributed by atoms with Crippen LogP contribution in [0.15, 0.2) is 162 Å². The number of benzene rings is 7. The summed E-state index contributed by atoms with van der Waals surface area (Å²) in [4.78, 5) is 0. The first-order valence-corrected chi connectivity index (χ1v) is 16.0. The summed E-state index contributed by atoms with van der Waals surface area (Å²) in [5.74, 6) is 0. The van der Waals surface area contributed by atoms with Crippen LogP contribution in [-0.4, -0.2) is 0 Å². The number of anilines is 2. The van der Waals surface area contributed by atoms with Crippen molar-refractivity contribution < 1.29 is 4.42 Å². The monoisotopic (exact) mass is 593 g/mol. The molecule has 7 aromatic carbocycles. The third-order valence-electron chi connectivity index (χ3n) is 8.66. The van der Waals surface area contributed by atoms with Crippen LogP contribution in [0.3, 0.4) is 0 Å². The zero-order valence-corrected chi connectivity index (χ0v) is 25.1. The molecule has 0 amide bonds. The molecule has 0 aliphatic carbocycles. The first-order valence-electron chi connectivity index (χ1n) is 15.2. The largest absolute Gasteiger partial charge is 0.455 e. The molecule has 2 nitrogen and oxygen atoms in total. The molecule has 0 spiro atoms. The van der Waals surface area contributed by atoms with Crippen LogP contribution >= 0.6 is 11.3 Å². The molecule has 3 heteroatoms. The second kappa shape index (κ2) is 10.5. The van der Waals surface area contributed by atoms with Gasteiger partial charge in [0.1, 0.15) is 11.2 Å². The molecule has 9 aromatic rings. The lowest BCUT2D eigenvalue weighted by molar-refractivity contribution is 0.670. The average Bonchev–Trinajstić information content (AvgIpc) is 3.67. The summed E-state index contributed by atoms with van der Waals surface area (Å²) in [6, 6.07) is 56.0. The second-order valence-corrected chi connectivity index (χ2v) is 12.4. The van der Waals surface area contributed by atoms with E-state index in [1.54, 1.807) is 0 Å². The highest BCUT2D eigenvalue weighted by molar-refractivity contribution is 7.26. The van der Waals surface area contributed by atoms with Crippen LogP contribution in [0.4, 0.5) is 11.4 Å². The third kappa shape index (κ3) is 4.40. The molecule has 9 rings (SSSR count). The summed E-state index contributed by atoms with van der Waals surface area (Å²) >= 11 is 1.86. The number of nitrogens with one attached hydrogen (secondary N) is 1. The Morgan fingerprint density at radius 1 is 0.467 bits per heavy atom. The molecule has 2 aromatic heterocycles. The maximum Gasteiger partial charge on any atom is 0.143 e. The summed E-state index contributed by atoms with van der Waals surface area (Å²) in [7, 11) is 0. The molecule has 0 unspecified atom stereocenters. The van der Waals surface area contributed by atoms with Gasteiger partial charge in [0.25, 0.3) is 0 Å². The van der Waals surface area contributed by atoms with Crippen LogP contribution in [0, 0.1) is 0 Å². The van der Waals surface area contributed by atoms with Gasteiger partial charge in [0.15, 0.2) is 0 Å². The normalized spacial score (nSPS) is 11.6. The van der Waals surface area contributed by atoms with Gasteiger partial charge in [-0.15, -0.1) is 11.3 Å². The molecule has 0 atom stereocenters. The highest BCUT2D eigenvalue weighted by atomic mass is 32.1. The van der Waals surface area contributed by atoms with Crippen molar-refractivity contribution in [1.29, 1.82) is 0 Å². The molecule has 0 fully saturated rings. The Bertz CT molecular complexity index is 2520. The molecule has 0 aliphatic heterocycles. The van der Waals surface area contributed by atoms with Gasteiger partial charge in [-0.05, 0) is 58.7 Å². The van der Waals surface area contributed by atoms with E-state index >= 15 is 0 Å². The fourth-order valence-electron chi connectivity index (χ4n) is 6.56. The zero-order chi connectivity index (χ0) is 29.7. The van der Waals surface area contributed by atoms with Crippen LogP contribution in [0.5, 0.6) is 0 Å². The smallest absolute Gasteiger partial charge is 0.143 e. The van der Waals surface area contributed by atoms with Gasteiger partial charge >= 0.3 is 0 Å². The fraction of sp³-hybridized carbons (Fsp3) is 0. The first-order chi connectivity index (χ1) is 22.3. The van der Waals surface area contributed by atoms with Gasteiger partial charge in [-0.3, -0.25) is 0 Å². The van der Waals surface area contributed by atoms with Crippen molar-refractivity contribution in [3.05, 3.63) is 158 Å². The molecular formula is C42H27NOS. The summed E-state index contributed by atoms with van der Waals surface area (Å²) < 4.78 is 8.97. The highest BCUT2D eigenvalue weighted by Gasteiger charge is 2.16. The van der Waals surface area contributed by atoms with Crippen LogP contribution < -0.4 is 5.32 Å². The Labute approximate surface area is 264 Å². The number of thiophene rings is 1. The minimum absolute atomic E-state index is 0.915. The molecule has 0 bridgehead atoms. The highest BCUT2D eigenvalue weighted by Crippen LogP contribution is 2.44. The maximum absolute atomic E-state index is 6.36. The predicted molar refractivity (Wildman–Crippen MR) is 193 cm³/mol. The second-order valence-electron chi connectivity index (χ2n) is 11.4. The summed E-state index contributed by atoms with van der Waals surface area (Å²) in [5, 5.41) is 8.69. The molecule has 0 saturated carbocycles. The number of hydrogen-bond donors (Lipinski definition) is 1. The SMILES string of the molecule is c1ccc(-c2c(Nc3cccc(-c4cccc(-c5cccc6c5oc5ccccc56)c4)c3)ccc3c2sc2ccccc23)cc1. The molecule has 212 valence electrons. The van der Waals surface area contributed by atoms with E-state index in [9.17, 15) is 0 Å². The van der Waals surface area contributed by atoms with E-state index in [0.29, 0.717) is 0 Å². The lowest BCUT2D eigenvalue weighted by atomic mass is 9.97. The van der Waals surface area contributed by atoms with Crippen molar-refractivity contribution in [3.63, 3.8) is 0 Å². The van der Waals surface area contributed by atoms with E-state index in [1.165, 1.54) is 31.3 Å². The van der Waals surface area contributed by atoms with Crippen LogP contribution in [0.1, 0.15) is 0 Å². The quantitative estimate of drug-likeness (QED) is 0.215. The van der Waals surface area contributed by atoms with Crippen LogP contribution in [0.25, 0.3) is 75.5 Å². The van der Waals surface area contributed by atoms with Gasteiger partial charge < -0.3 is 9.73 Å². The Hall–Kier alpha value is -5.64. The van der Waals surface area contributed by atoms with Gasteiger partial charge in [0.2, 0.25) is 0 Å². The Morgan fingerprint density at radius 3 is 2.07 bits per heavy atom. The maximum atomic E-state index is 6.36. The van der Waals surface area contributed by atoms with Crippen molar-refractivity contribution in [2.45, 2.75) is 0 Å². The van der Waals surface area contributed by atoms with Crippen molar-refractivity contribution in [3.8, 4) is 33.4 Å². The van der Waals surface area contributed by atoms with E-state index in [4.69, 9.17) is 4.42 Å². The van der Waals surface area contributed by atoms with Crippen molar-refractivity contribution in [2.75, 3.05) is 5.32 Å². The molecule has 0 radical (unpaired) electrons. The Kier molecular flexibility index (Phi) is 6.03. The number of fused-ring (bicyclic) bond motifs is 6. The van der Waals surface area contributed by atoms with Gasteiger partial charge in [-0.25, -0.2) is 0 Å². The zero-order valence-electron chi connectivity index (χ0n) is 24.3. The minimum atomic E-state index is 0.915. The topological polar surface area (TPSA) is 25.2 Å². The fourth-order valence-corrected chi connectivity index (χ4v) is 7.83. The standard InChI is InChI=1S/C42H27NOS/c1-2-11-27(12-3-1)40-37(24-23-36-34-18-5-7-22-39(34)45-42(36)40)43-31-16-9-14-29(26-31)28-13-8-15-30(25-28)32-19-10-20-35-33-17-4-6-21-38(33)44-41(32)35/h1-26,43H.